The van der Waals surface area contributed by atoms with Crippen molar-refractivity contribution in [2.75, 3.05) is 33.4 Å². The molecule has 3 N–H and O–H groups in total. The number of nitrogens with one attached hydrogen (secondary N) is 1. The minimum Gasteiger partial charge on any atom is -0.383 e. The minimum atomic E-state index is -0.527. The highest BCUT2D eigenvalue weighted by Gasteiger charge is 2.46. The normalized spacial score (nSPS) is 30.8. The second-order valence-corrected chi connectivity index (χ2v) is 4.82. The molecule has 16 heavy (non-hydrogen) atoms. The van der Waals surface area contributed by atoms with Crippen molar-refractivity contribution in [1.29, 1.82) is 0 Å². The molecule has 5 heteroatoms. The van der Waals surface area contributed by atoms with Gasteiger partial charge in [0.05, 0.1) is 6.61 Å². The molecule has 2 rings (SSSR count). The molecule has 0 aromatic carbocycles. The van der Waals surface area contributed by atoms with Crippen LogP contribution in [0.4, 0.5) is 0 Å². The first-order chi connectivity index (χ1) is 7.68. The Bertz CT molecular complexity index is 268. The van der Waals surface area contributed by atoms with Gasteiger partial charge in [0, 0.05) is 32.8 Å². The fourth-order valence-corrected chi connectivity index (χ4v) is 2.42. The van der Waals surface area contributed by atoms with Crippen LogP contribution < -0.4 is 11.1 Å². The van der Waals surface area contributed by atoms with E-state index in [-0.39, 0.29) is 5.91 Å². The Balaban J connectivity index is 1.91. The Hall–Kier alpha value is -0.650. The van der Waals surface area contributed by atoms with Gasteiger partial charge in [-0.25, -0.2) is 0 Å². The van der Waals surface area contributed by atoms with Crippen molar-refractivity contribution < 1.29 is 9.53 Å². The SMILES string of the molecule is COCCNC1(C(N)=O)CCN(C2CC2)C1. The second-order valence-electron chi connectivity index (χ2n) is 4.82. The average molecular weight is 227 g/mol. The lowest BCUT2D eigenvalue weighted by molar-refractivity contribution is -0.124. The predicted octanol–water partition coefficient (Wildman–Crippen LogP) is -0.685. The summed E-state index contributed by atoms with van der Waals surface area (Å²) < 4.78 is 4.98. The van der Waals surface area contributed by atoms with Crippen LogP contribution in [0.1, 0.15) is 19.3 Å². The molecule has 1 aliphatic heterocycles. The van der Waals surface area contributed by atoms with Crippen molar-refractivity contribution in [1.82, 2.24) is 10.2 Å². The Morgan fingerprint density at radius 3 is 2.94 bits per heavy atom. The summed E-state index contributed by atoms with van der Waals surface area (Å²) in [5.74, 6) is -0.230. The third-order valence-electron chi connectivity index (χ3n) is 3.60. The van der Waals surface area contributed by atoms with Gasteiger partial charge in [0.1, 0.15) is 5.54 Å². The summed E-state index contributed by atoms with van der Waals surface area (Å²) in [4.78, 5) is 14.0. The number of rotatable bonds is 6. The van der Waals surface area contributed by atoms with Crippen molar-refractivity contribution in [3.05, 3.63) is 0 Å². The number of hydrogen-bond acceptors (Lipinski definition) is 4. The maximum atomic E-state index is 11.6. The molecular weight excluding hydrogens is 206 g/mol. The van der Waals surface area contributed by atoms with Crippen LogP contribution in [0.3, 0.4) is 0 Å². The van der Waals surface area contributed by atoms with Gasteiger partial charge in [0.25, 0.3) is 0 Å². The molecule has 1 saturated carbocycles. The third kappa shape index (κ3) is 2.36. The Kier molecular flexibility index (Phi) is 3.47. The van der Waals surface area contributed by atoms with Crippen LogP contribution in [-0.2, 0) is 9.53 Å². The number of likely N-dealkylation sites (tertiary alicyclic amines) is 1. The van der Waals surface area contributed by atoms with Gasteiger partial charge in [-0.05, 0) is 19.3 Å². The van der Waals surface area contributed by atoms with Gasteiger partial charge in [0.2, 0.25) is 5.91 Å². The molecule has 1 atom stereocenters. The van der Waals surface area contributed by atoms with Crippen molar-refractivity contribution >= 4 is 5.91 Å². The van der Waals surface area contributed by atoms with Gasteiger partial charge in [0.15, 0.2) is 0 Å². The highest BCUT2D eigenvalue weighted by atomic mass is 16.5. The molecule has 1 aliphatic carbocycles. The largest absolute Gasteiger partial charge is 0.383 e. The fraction of sp³-hybridized carbons (Fsp3) is 0.909. The van der Waals surface area contributed by atoms with Crippen LogP contribution in [0.15, 0.2) is 0 Å². The number of primary amides is 1. The van der Waals surface area contributed by atoms with Crippen LogP contribution in [0.2, 0.25) is 0 Å². The van der Waals surface area contributed by atoms with Gasteiger partial charge >= 0.3 is 0 Å². The number of carbonyl (C=O) groups excluding carboxylic acids is 1. The lowest BCUT2D eigenvalue weighted by Gasteiger charge is -2.27. The summed E-state index contributed by atoms with van der Waals surface area (Å²) in [5, 5.41) is 3.27. The lowest BCUT2D eigenvalue weighted by atomic mass is 9.98. The summed E-state index contributed by atoms with van der Waals surface area (Å²) >= 11 is 0. The van der Waals surface area contributed by atoms with E-state index in [1.165, 1.54) is 12.8 Å². The molecule has 1 heterocycles. The highest BCUT2D eigenvalue weighted by molar-refractivity contribution is 5.85. The van der Waals surface area contributed by atoms with E-state index in [4.69, 9.17) is 10.5 Å². The number of nitrogens with two attached hydrogens (primary N) is 1. The number of methoxy groups -OCH3 is 1. The van der Waals surface area contributed by atoms with E-state index >= 15 is 0 Å². The monoisotopic (exact) mass is 227 g/mol. The molecule has 5 nitrogen and oxygen atoms in total. The molecule has 2 fully saturated rings. The zero-order valence-electron chi connectivity index (χ0n) is 9.87. The first kappa shape index (κ1) is 11.8. The van der Waals surface area contributed by atoms with Crippen molar-refractivity contribution in [2.24, 2.45) is 5.73 Å². The third-order valence-corrected chi connectivity index (χ3v) is 3.60. The number of nitrogens with zero attached hydrogens (tertiary/aromatic N) is 1. The van der Waals surface area contributed by atoms with E-state index in [1.807, 2.05) is 0 Å². The molecule has 0 spiro atoms. The standard InChI is InChI=1S/C11H21N3O2/c1-16-7-5-13-11(10(12)15)4-6-14(8-11)9-2-3-9/h9,13H,2-8H2,1H3,(H2,12,15). The van der Waals surface area contributed by atoms with E-state index in [9.17, 15) is 4.79 Å². The maximum absolute atomic E-state index is 11.6. The molecule has 0 aromatic rings. The summed E-state index contributed by atoms with van der Waals surface area (Å²) in [5.41, 5.74) is 5.00. The number of hydrogen-bond donors (Lipinski definition) is 2. The molecule has 0 aromatic heterocycles. The van der Waals surface area contributed by atoms with E-state index in [0.29, 0.717) is 19.2 Å². The number of ether oxygens (including phenoxy) is 1. The minimum absolute atomic E-state index is 0.230. The lowest BCUT2D eigenvalue weighted by Crippen LogP contribution is -2.58. The second kappa shape index (κ2) is 4.69. The van der Waals surface area contributed by atoms with Crippen molar-refractivity contribution in [3.8, 4) is 0 Å². The van der Waals surface area contributed by atoms with Gasteiger partial charge in [-0.1, -0.05) is 0 Å². The topological polar surface area (TPSA) is 67.6 Å². The van der Waals surface area contributed by atoms with Gasteiger partial charge < -0.3 is 10.5 Å². The summed E-state index contributed by atoms with van der Waals surface area (Å²) in [6.07, 6.45) is 3.36. The van der Waals surface area contributed by atoms with Crippen LogP contribution in [0.5, 0.6) is 0 Å². The number of amides is 1. The number of carbonyl (C=O) groups is 1. The molecule has 2 aliphatic rings. The maximum Gasteiger partial charge on any atom is 0.239 e. The van der Waals surface area contributed by atoms with Gasteiger partial charge in [-0.2, -0.15) is 0 Å². The molecule has 1 unspecified atom stereocenters. The Labute approximate surface area is 96.3 Å². The quantitative estimate of drug-likeness (QED) is 0.590. The van der Waals surface area contributed by atoms with Crippen LogP contribution in [-0.4, -0.2) is 55.7 Å². The molecule has 0 bridgehead atoms. The summed E-state index contributed by atoms with van der Waals surface area (Å²) in [6.45, 7) is 3.03. The van der Waals surface area contributed by atoms with Crippen molar-refractivity contribution in [3.63, 3.8) is 0 Å². The Morgan fingerprint density at radius 1 is 1.62 bits per heavy atom. The van der Waals surface area contributed by atoms with E-state index < -0.39 is 5.54 Å². The van der Waals surface area contributed by atoms with Gasteiger partial charge in [-0.3, -0.25) is 15.0 Å². The zero-order chi connectivity index (χ0) is 11.6. The van der Waals surface area contributed by atoms with Crippen molar-refractivity contribution in [2.45, 2.75) is 30.8 Å². The molecule has 1 saturated heterocycles. The molecule has 0 radical (unpaired) electrons. The zero-order valence-corrected chi connectivity index (χ0v) is 9.87. The highest BCUT2D eigenvalue weighted by Crippen LogP contribution is 2.33. The van der Waals surface area contributed by atoms with E-state index in [1.54, 1.807) is 7.11 Å². The predicted molar refractivity (Wildman–Crippen MR) is 61.0 cm³/mol. The smallest absolute Gasteiger partial charge is 0.239 e. The van der Waals surface area contributed by atoms with Crippen LogP contribution in [0.25, 0.3) is 0 Å². The molecule has 92 valence electrons. The summed E-state index contributed by atoms with van der Waals surface area (Å²) in [7, 11) is 1.66. The molecule has 1 amide bonds. The Morgan fingerprint density at radius 2 is 2.38 bits per heavy atom. The first-order valence-corrected chi connectivity index (χ1v) is 5.96. The van der Waals surface area contributed by atoms with Gasteiger partial charge in [-0.15, -0.1) is 0 Å². The van der Waals surface area contributed by atoms with E-state index in [0.717, 1.165) is 19.5 Å². The van der Waals surface area contributed by atoms with Crippen LogP contribution >= 0.6 is 0 Å². The fourth-order valence-electron chi connectivity index (χ4n) is 2.42. The van der Waals surface area contributed by atoms with Crippen LogP contribution in [0, 0.1) is 0 Å². The summed E-state index contributed by atoms with van der Waals surface area (Å²) in [6, 6.07) is 0.699. The average Bonchev–Trinajstić information content (AvgIpc) is 3.01. The first-order valence-electron chi connectivity index (χ1n) is 5.96. The molecular formula is C11H21N3O2. The van der Waals surface area contributed by atoms with E-state index in [2.05, 4.69) is 10.2 Å².